The lowest BCUT2D eigenvalue weighted by Crippen LogP contribution is -2.04. The summed E-state index contributed by atoms with van der Waals surface area (Å²) >= 11 is 0. The van der Waals surface area contributed by atoms with Crippen molar-refractivity contribution in [1.29, 1.82) is 0 Å². The maximum atomic E-state index is 13.7. The molecule has 7 nitrogen and oxygen atoms in total. The third-order valence-electron chi connectivity index (χ3n) is 5.69. The largest absolute Gasteiger partial charge is 0.322 e. The summed E-state index contributed by atoms with van der Waals surface area (Å²) in [6, 6.07) is 11.1. The first-order valence-corrected chi connectivity index (χ1v) is 10.6. The Bertz CT molecular complexity index is 1650. The average Bonchev–Trinajstić information content (AvgIpc) is 3.39. The summed E-state index contributed by atoms with van der Waals surface area (Å²) in [7, 11) is 0. The first-order valence-electron chi connectivity index (χ1n) is 10.6. The topological polar surface area (TPSA) is 74.3 Å². The molecule has 0 saturated heterocycles. The van der Waals surface area contributed by atoms with Gasteiger partial charge in [-0.2, -0.15) is 0 Å². The van der Waals surface area contributed by atoms with Crippen molar-refractivity contribution in [3.8, 4) is 16.9 Å². The van der Waals surface area contributed by atoms with E-state index in [1.54, 1.807) is 24.8 Å². The summed E-state index contributed by atoms with van der Waals surface area (Å²) in [6.45, 7) is 2.11. The van der Waals surface area contributed by atoms with Crippen molar-refractivity contribution in [1.82, 2.24) is 34.1 Å². The van der Waals surface area contributed by atoms with Crippen molar-refractivity contribution >= 4 is 22.3 Å². The fourth-order valence-corrected chi connectivity index (χ4v) is 4.09. The Kier molecular flexibility index (Phi) is 4.61. The lowest BCUT2D eigenvalue weighted by atomic mass is 10.2. The van der Waals surface area contributed by atoms with Gasteiger partial charge in [0.2, 0.25) is 0 Å². The third-order valence-corrected chi connectivity index (χ3v) is 5.69. The zero-order valence-electron chi connectivity index (χ0n) is 18.0. The molecule has 0 N–H and O–H groups in total. The Morgan fingerprint density at radius 3 is 2.47 bits per heavy atom. The highest BCUT2D eigenvalue weighted by Gasteiger charge is 2.14. The molecule has 0 saturated carbocycles. The first kappa shape index (κ1) is 20.1. The molecule has 34 heavy (non-hydrogen) atoms. The summed E-state index contributed by atoms with van der Waals surface area (Å²) in [6.07, 6.45) is 8.78. The standard InChI is InChI=1S/C25H17F2N7/c1-15-31-24-23(34(15)14-16-8-18(26)10-19(27)9-16)11-20(12-30-24)33-7-4-21-25(33)32-22(13-29-21)17-2-5-28-6-3-17/h2-13H,14H2,1H3. The number of rotatable bonds is 4. The van der Waals surface area contributed by atoms with Crippen molar-refractivity contribution in [2.75, 3.05) is 0 Å². The van der Waals surface area contributed by atoms with Gasteiger partial charge in [-0.3, -0.25) is 14.5 Å². The van der Waals surface area contributed by atoms with Crippen LogP contribution < -0.4 is 0 Å². The molecule has 0 spiro atoms. The molecule has 166 valence electrons. The van der Waals surface area contributed by atoms with Crippen LogP contribution in [0.3, 0.4) is 0 Å². The van der Waals surface area contributed by atoms with E-state index in [2.05, 4.69) is 19.9 Å². The predicted molar refractivity (Wildman–Crippen MR) is 123 cm³/mol. The molecular weight excluding hydrogens is 436 g/mol. The second kappa shape index (κ2) is 7.80. The van der Waals surface area contributed by atoms with Crippen LogP contribution in [0, 0.1) is 18.6 Å². The van der Waals surface area contributed by atoms with E-state index in [9.17, 15) is 8.78 Å². The van der Waals surface area contributed by atoms with E-state index in [-0.39, 0.29) is 6.54 Å². The van der Waals surface area contributed by atoms with Gasteiger partial charge in [-0.05, 0) is 48.9 Å². The number of pyridine rings is 2. The van der Waals surface area contributed by atoms with Crippen LogP contribution in [0.4, 0.5) is 8.78 Å². The SMILES string of the molecule is Cc1nc2ncc(-n3ccc4ncc(-c5ccncc5)nc43)cc2n1Cc1cc(F)cc(F)c1. The van der Waals surface area contributed by atoms with Crippen molar-refractivity contribution in [3.63, 3.8) is 0 Å². The molecule has 1 aromatic carbocycles. The van der Waals surface area contributed by atoms with Gasteiger partial charge in [-0.25, -0.2) is 23.7 Å². The van der Waals surface area contributed by atoms with Gasteiger partial charge >= 0.3 is 0 Å². The molecule has 0 aliphatic rings. The number of fused-ring (bicyclic) bond motifs is 2. The van der Waals surface area contributed by atoms with Crippen LogP contribution in [-0.4, -0.2) is 34.1 Å². The monoisotopic (exact) mass is 453 g/mol. The minimum Gasteiger partial charge on any atom is -0.322 e. The lowest BCUT2D eigenvalue weighted by Gasteiger charge is -2.09. The molecule has 0 aliphatic heterocycles. The van der Waals surface area contributed by atoms with Gasteiger partial charge in [0, 0.05) is 36.8 Å². The van der Waals surface area contributed by atoms with E-state index >= 15 is 0 Å². The van der Waals surface area contributed by atoms with Gasteiger partial charge in [-0.15, -0.1) is 0 Å². The zero-order chi connectivity index (χ0) is 23.2. The van der Waals surface area contributed by atoms with Gasteiger partial charge in [0.25, 0.3) is 0 Å². The second-order valence-corrected chi connectivity index (χ2v) is 7.94. The number of benzene rings is 1. The fourth-order valence-electron chi connectivity index (χ4n) is 4.09. The number of imidazole rings is 1. The lowest BCUT2D eigenvalue weighted by molar-refractivity contribution is 0.577. The number of hydrogen-bond donors (Lipinski definition) is 0. The van der Waals surface area contributed by atoms with Gasteiger partial charge < -0.3 is 4.57 Å². The normalized spacial score (nSPS) is 11.5. The third kappa shape index (κ3) is 3.47. The van der Waals surface area contributed by atoms with Crippen LogP contribution in [0.5, 0.6) is 0 Å². The number of aryl methyl sites for hydroxylation is 1. The maximum absolute atomic E-state index is 13.7. The Hall–Kier alpha value is -4.53. The van der Waals surface area contributed by atoms with Crippen molar-refractivity contribution < 1.29 is 8.78 Å². The van der Waals surface area contributed by atoms with E-state index in [4.69, 9.17) is 4.98 Å². The molecule has 5 aromatic heterocycles. The first-order chi connectivity index (χ1) is 16.5. The fraction of sp³-hybridized carbons (Fsp3) is 0.0800. The van der Waals surface area contributed by atoms with Crippen LogP contribution in [0.25, 0.3) is 39.3 Å². The van der Waals surface area contributed by atoms with E-state index in [1.165, 1.54) is 12.1 Å². The molecular formula is C25H17F2N7. The van der Waals surface area contributed by atoms with Gasteiger partial charge in [0.05, 0.1) is 29.3 Å². The minimum absolute atomic E-state index is 0.264. The quantitative estimate of drug-likeness (QED) is 0.381. The molecule has 0 amide bonds. The van der Waals surface area contributed by atoms with Crippen LogP contribution in [0.2, 0.25) is 0 Å². The summed E-state index contributed by atoms with van der Waals surface area (Å²) in [5, 5.41) is 0. The molecule has 9 heteroatoms. The van der Waals surface area contributed by atoms with E-state index in [0.717, 1.165) is 34.0 Å². The highest BCUT2D eigenvalue weighted by molar-refractivity contribution is 5.79. The van der Waals surface area contributed by atoms with Gasteiger partial charge in [0.15, 0.2) is 11.3 Å². The number of nitrogens with zero attached hydrogens (tertiary/aromatic N) is 7. The van der Waals surface area contributed by atoms with Crippen LogP contribution >= 0.6 is 0 Å². The molecule has 5 heterocycles. The zero-order valence-corrected chi connectivity index (χ0v) is 18.0. The molecule has 0 fully saturated rings. The van der Waals surface area contributed by atoms with Gasteiger partial charge in [-0.1, -0.05) is 0 Å². The summed E-state index contributed by atoms with van der Waals surface area (Å²) in [4.78, 5) is 22.5. The van der Waals surface area contributed by atoms with Crippen LogP contribution in [0.1, 0.15) is 11.4 Å². The molecule has 0 atom stereocenters. The molecule has 0 aliphatic carbocycles. The number of aromatic nitrogens is 7. The van der Waals surface area contributed by atoms with Crippen LogP contribution in [-0.2, 0) is 6.54 Å². The molecule has 6 rings (SSSR count). The Morgan fingerprint density at radius 1 is 0.882 bits per heavy atom. The Balaban J connectivity index is 1.46. The summed E-state index contributed by atoms with van der Waals surface area (Å²) in [5.41, 5.74) is 5.67. The average molecular weight is 453 g/mol. The number of hydrogen-bond acceptors (Lipinski definition) is 5. The minimum atomic E-state index is -0.613. The summed E-state index contributed by atoms with van der Waals surface area (Å²) in [5.74, 6) is -0.530. The van der Waals surface area contributed by atoms with Crippen molar-refractivity contribution in [2.45, 2.75) is 13.5 Å². The molecule has 0 unspecified atom stereocenters. The Labute approximate surface area is 192 Å². The molecule has 0 radical (unpaired) electrons. The van der Waals surface area contributed by atoms with Crippen molar-refractivity contribution in [2.24, 2.45) is 0 Å². The van der Waals surface area contributed by atoms with Crippen LogP contribution in [0.15, 0.2) is 73.4 Å². The van der Waals surface area contributed by atoms with Gasteiger partial charge in [0.1, 0.15) is 23.0 Å². The highest BCUT2D eigenvalue weighted by atomic mass is 19.1. The maximum Gasteiger partial charge on any atom is 0.178 e. The second-order valence-electron chi connectivity index (χ2n) is 7.94. The smallest absolute Gasteiger partial charge is 0.178 e. The van der Waals surface area contributed by atoms with Crippen molar-refractivity contribution in [3.05, 3.63) is 96.5 Å². The Morgan fingerprint density at radius 2 is 1.68 bits per heavy atom. The van der Waals surface area contributed by atoms with E-state index in [1.807, 2.05) is 46.5 Å². The predicted octanol–water partition coefficient (Wildman–Crippen LogP) is 4.86. The molecule has 6 aromatic rings. The summed E-state index contributed by atoms with van der Waals surface area (Å²) < 4.78 is 31.3. The number of halogens is 2. The van der Waals surface area contributed by atoms with E-state index in [0.29, 0.717) is 22.7 Å². The highest BCUT2D eigenvalue weighted by Crippen LogP contribution is 2.24. The van der Waals surface area contributed by atoms with E-state index < -0.39 is 11.6 Å². The molecule has 0 bridgehead atoms.